The van der Waals surface area contributed by atoms with E-state index in [-0.39, 0.29) is 11.2 Å². The molecule has 4 heteroatoms. The first kappa shape index (κ1) is 10.8. The lowest BCUT2D eigenvalue weighted by Crippen LogP contribution is -2.21. The van der Waals surface area contributed by atoms with E-state index in [1.165, 1.54) is 6.07 Å². The quantitative estimate of drug-likeness (QED) is 0.855. The van der Waals surface area contributed by atoms with Crippen LogP contribution >= 0.6 is 0 Å². The van der Waals surface area contributed by atoms with Crippen molar-refractivity contribution in [1.82, 2.24) is 0 Å². The number of hydrogen-bond acceptors (Lipinski definition) is 3. The molecule has 1 heterocycles. The number of hydrogen-bond donors (Lipinski definition) is 1. The predicted molar refractivity (Wildman–Crippen MR) is 62.0 cm³/mol. The van der Waals surface area contributed by atoms with E-state index in [9.17, 15) is 4.39 Å². The van der Waals surface area contributed by atoms with Crippen molar-refractivity contribution in [1.29, 1.82) is 0 Å². The predicted octanol–water partition coefficient (Wildman–Crippen LogP) is 1.98. The number of fused-ring (bicyclic) bond motifs is 1. The van der Waals surface area contributed by atoms with Crippen molar-refractivity contribution in [2.24, 2.45) is 5.73 Å². The van der Waals surface area contributed by atoms with E-state index in [0.29, 0.717) is 36.8 Å². The summed E-state index contributed by atoms with van der Waals surface area (Å²) in [4.78, 5) is 0. The van der Waals surface area contributed by atoms with E-state index in [2.05, 4.69) is 0 Å². The Bertz CT molecular complexity index is 443. The van der Waals surface area contributed by atoms with Gasteiger partial charge in [-0.2, -0.15) is 0 Å². The number of nitrogens with two attached hydrogens (primary N) is 1. The van der Waals surface area contributed by atoms with Gasteiger partial charge in [0.2, 0.25) is 0 Å². The minimum atomic E-state index is -0.225. The van der Waals surface area contributed by atoms with Crippen LogP contribution in [-0.4, -0.2) is 19.8 Å². The normalized spacial score (nSPS) is 20.8. The van der Waals surface area contributed by atoms with Gasteiger partial charge in [-0.05, 0) is 24.5 Å². The maximum atomic E-state index is 14.0. The number of rotatable bonds is 2. The maximum Gasteiger partial charge on any atom is 0.164 e. The van der Waals surface area contributed by atoms with E-state index in [1.54, 1.807) is 6.07 Å². The van der Waals surface area contributed by atoms with Gasteiger partial charge in [0.1, 0.15) is 5.82 Å². The lowest BCUT2D eigenvalue weighted by Gasteiger charge is -2.16. The molecule has 1 fully saturated rings. The number of halogens is 1. The van der Waals surface area contributed by atoms with Crippen LogP contribution in [0.2, 0.25) is 0 Å². The third kappa shape index (κ3) is 1.76. The molecule has 0 atom stereocenters. The summed E-state index contributed by atoms with van der Waals surface area (Å²) in [5, 5.41) is 0. The molecule has 0 aromatic heterocycles. The zero-order valence-corrected chi connectivity index (χ0v) is 9.67. The third-order valence-corrected chi connectivity index (χ3v) is 3.65. The van der Waals surface area contributed by atoms with Crippen molar-refractivity contribution >= 4 is 0 Å². The van der Waals surface area contributed by atoms with E-state index < -0.39 is 0 Å². The molecule has 0 bridgehead atoms. The molecule has 2 aliphatic rings. The summed E-state index contributed by atoms with van der Waals surface area (Å²) in [5.41, 5.74) is 6.26. The Labute approximate surface area is 99.7 Å². The van der Waals surface area contributed by atoms with Crippen molar-refractivity contribution < 1.29 is 13.9 Å². The zero-order chi connectivity index (χ0) is 11.9. The van der Waals surface area contributed by atoms with Gasteiger partial charge in [0.05, 0.1) is 13.2 Å². The van der Waals surface area contributed by atoms with Gasteiger partial charge < -0.3 is 15.2 Å². The molecule has 0 spiro atoms. The average Bonchev–Trinajstić information content (AvgIpc) is 3.12. The minimum Gasteiger partial charge on any atom is -0.490 e. The summed E-state index contributed by atoms with van der Waals surface area (Å²) >= 11 is 0. The fraction of sp³-hybridized carbons (Fsp3) is 0.538. The lowest BCUT2D eigenvalue weighted by molar-refractivity contribution is 0.296. The van der Waals surface area contributed by atoms with Gasteiger partial charge in [0.25, 0.3) is 0 Å². The van der Waals surface area contributed by atoms with Crippen molar-refractivity contribution in [3.8, 4) is 11.5 Å². The van der Waals surface area contributed by atoms with E-state index >= 15 is 0 Å². The first-order valence-corrected chi connectivity index (χ1v) is 6.05. The van der Waals surface area contributed by atoms with Gasteiger partial charge in [0, 0.05) is 24.4 Å². The minimum absolute atomic E-state index is 0.158. The standard InChI is InChI=1S/C13H16FNO2/c14-10-7-12-11(16-4-1-5-17-12)6-9(10)13(8-15)2-3-13/h6-7H,1-5,8,15H2. The average molecular weight is 237 g/mol. The third-order valence-electron chi connectivity index (χ3n) is 3.65. The van der Waals surface area contributed by atoms with Crippen LogP contribution in [0.1, 0.15) is 24.8 Å². The maximum absolute atomic E-state index is 14.0. The zero-order valence-electron chi connectivity index (χ0n) is 9.67. The highest BCUT2D eigenvalue weighted by Gasteiger charge is 2.45. The van der Waals surface area contributed by atoms with Crippen LogP contribution in [0.5, 0.6) is 11.5 Å². The molecule has 0 amide bonds. The highest BCUT2D eigenvalue weighted by molar-refractivity contribution is 5.48. The van der Waals surface area contributed by atoms with Crippen LogP contribution in [0, 0.1) is 5.82 Å². The second-order valence-electron chi connectivity index (χ2n) is 4.81. The molecule has 0 radical (unpaired) electrons. The highest BCUT2D eigenvalue weighted by Crippen LogP contribution is 2.50. The van der Waals surface area contributed by atoms with Crippen LogP contribution in [0.3, 0.4) is 0 Å². The first-order valence-electron chi connectivity index (χ1n) is 6.05. The highest BCUT2D eigenvalue weighted by atomic mass is 19.1. The van der Waals surface area contributed by atoms with Crippen LogP contribution in [0.4, 0.5) is 4.39 Å². The molecule has 1 aromatic carbocycles. The van der Waals surface area contributed by atoms with E-state index in [1.807, 2.05) is 0 Å². The Balaban J connectivity index is 2.03. The van der Waals surface area contributed by atoms with E-state index in [0.717, 1.165) is 19.3 Å². The molecule has 0 unspecified atom stereocenters. The smallest absolute Gasteiger partial charge is 0.164 e. The van der Waals surface area contributed by atoms with Crippen molar-refractivity contribution in [3.05, 3.63) is 23.5 Å². The number of benzene rings is 1. The van der Waals surface area contributed by atoms with Gasteiger partial charge in [-0.1, -0.05) is 0 Å². The molecule has 2 N–H and O–H groups in total. The summed E-state index contributed by atoms with van der Waals surface area (Å²) < 4.78 is 25.1. The Morgan fingerprint density at radius 1 is 1.18 bits per heavy atom. The van der Waals surface area contributed by atoms with Crippen molar-refractivity contribution in [2.75, 3.05) is 19.8 Å². The monoisotopic (exact) mass is 237 g/mol. The Hall–Kier alpha value is -1.29. The van der Waals surface area contributed by atoms with Gasteiger partial charge in [0.15, 0.2) is 11.5 Å². The summed E-state index contributed by atoms with van der Waals surface area (Å²) in [7, 11) is 0. The first-order chi connectivity index (χ1) is 8.25. The van der Waals surface area contributed by atoms with Crippen LogP contribution in [0.15, 0.2) is 12.1 Å². The molecule has 1 aromatic rings. The number of ether oxygens (including phenoxy) is 2. The molecule has 1 aliphatic carbocycles. The van der Waals surface area contributed by atoms with E-state index in [4.69, 9.17) is 15.2 Å². The van der Waals surface area contributed by atoms with Gasteiger partial charge in [-0.3, -0.25) is 0 Å². The summed E-state index contributed by atoms with van der Waals surface area (Å²) in [6.07, 6.45) is 2.74. The van der Waals surface area contributed by atoms with Gasteiger partial charge in [-0.25, -0.2) is 4.39 Å². The second kappa shape index (κ2) is 3.88. The molecular formula is C13H16FNO2. The summed E-state index contributed by atoms with van der Waals surface area (Å²) in [5.74, 6) is 0.937. The molecular weight excluding hydrogens is 221 g/mol. The van der Waals surface area contributed by atoms with Crippen LogP contribution in [-0.2, 0) is 5.41 Å². The van der Waals surface area contributed by atoms with Crippen molar-refractivity contribution in [2.45, 2.75) is 24.7 Å². The summed E-state index contributed by atoms with van der Waals surface area (Å²) in [6.45, 7) is 1.69. The summed E-state index contributed by atoms with van der Waals surface area (Å²) in [6, 6.07) is 3.21. The van der Waals surface area contributed by atoms with Crippen molar-refractivity contribution in [3.63, 3.8) is 0 Å². The van der Waals surface area contributed by atoms with Gasteiger partial charge in [-0.15, -0.1) is 0 Å². The SMILES string of the molecule is NCC1(c2cc3c(cc2F)OCCCO3)CC1. The molecule has 3 rings (SSSR count). The molecule has 92 valence electrons. The second-order valence-corrected chi connectivity index (χ2v) is 4.81. The van der Waals surface area contributed by atoms with Crippen LogP contribution < -0.4 is 15.2 Å². The Kier molecular flexibility index (Phi) is 2.47. The molecule has 17 heavy (non-hydrogen) atoms. The Morgan fingerprint density at radius 2 is 1.82 bits per heavy atom. The fourth-order valence-electron chi connectivity index (χ4n) is 2.32. The molecule has 1 saturated carbocycles. The fourth-order valence-corrected chi connectivity index (χ4v) is 2.32. The van der Waals surface area contributed by atoms with Crippen LogP contribution in [0.25, 0.3) is 0 Å². The largest absolute Gasteiger partial charge is 0.490 e. The molecule has 0 saturated heterocycles. The molecule has 3 nitrogen and oxygen atoms in total. The van der Waals surface area contributed by atoms with Gasteiger partial charge >= 0.3 is 0 Å². The Morgan fingerprint density at radius 3 is 2.41 bits per heavy atom. The lowest BCUT2D eigenvalue weighted by atomic mass is 9.95. The topological polar surface area (TPSA) is 44.5 Å². The molecule has 1 aliphatic heterocycles.